The van der Waals surface area contributed by atoms with Gasteiger partial charge in [0.25, 0.3) is 0 Å². The Morgan fingerprint density at radius 3 is 2.65 bits per heavy atom. The number of nitrogens with one attached hydrogen (secondary N) is 2. The molecule has 0 atom stereocenters. The summed E-state index contributed by atoms with van der Waals surface area (Å²) in [5.74, 6) is -0.401. The van der Waals surface area contributed by atoms with Gasteiger partial charge in [-0.2, -0.15) is 0 Å². The maximum absolute atomic E-state index is 13.5. The average molecular weight is 337 g/mol. The molecule has 0 saturated heterocycles. The molecular weight excluding hydrogens is 317 g/mol. The molecule has 1 aromatic carbocycles. The normalized spacial score (nSPS) is 11.1. The first kappa shape index (κ1) is 17.1. The molecule has 124 valence electrons. The molecule has 0 radical (unpaired) electrons. The van der Waals surface area contributed by atoms with Crippen molar-refractivity contribution in [3.8, 4) is 0 Å². The summed E-state index contributed by atoms with van der Waals surface area (Å²) in [4.78, 5) is 12.8. The van der Waals surface area contributed by atoms with E-state index in [0.29, 0.717) is 23.6 Å². The van der Waals surface area contributed by atoms with Gasteiger partial charge in [-0.3, -0.25) is 5.32 Å². The number of halogens is 1. The minimum atomic E-state index is -0.608. The molecule has 0 fully saturated rings. The lowest BCUT2D eigenvalue weighted by Gasteiger charge is -2.20. The van der Waals surface area contributed by atoms with E-state index >= 15 is 0 Å². The highest BCUT2D eigenvalue weighted by molar-refractivity contribution is 7.10. The first-order valence-electron chi connectivity index (χ1n) is 7.10. The van der Waals surface area contributed by atoms with Crippen molar-refractivity contribution in [2.75, 3.05) is 16.4 Å². The van der Waals surface area contributed by atoms with Gasteiger partial charge in [-0.1, -0.05) is 0 Å². The molecule has 0 aliphatic heterocycles. The van der Waals surface area contributed by atoms with Crippen LogP contribution in [0.2, 0.25) is 0 Å². The molecule has 2 rings (SSSR count). The Hall–Kier alpha value is -2.28. The number of rotatable bonds is 4. The molecule has 1 aromatic heterocycles. The lowest BCUT2D eigenvalue weighted by atomic mass is 10.2. The largest absolute Gasteiger partial charge is 0.444 e. The van der Waals surface area contributed by atoms with Crippen LogP contribution in [0.3, 0.4) is 0 Å². The molecule has 0 unspecified atom stereocenters. The van der Waals surface area contributed by atoms with E-state index in [2.05, 4.69) is 10.6 Å². The molecule has 0 bridgehead atoms. The summed E-state index contributed by atoms with van der Waals surface area (Å²) in [6, 6.07) is 5.89. The predicted octanol–water partition coefficient (Wildman–Crippen LogP) is 4.43. The summed E-state index contributed by atoms with van der Waals surface area (Å²) in [6.45, 7) is 5.76. The minimum absolute atomic E-state index is 0.401. The van der Waals surface area contributed by atoms with E-state index in [1.807, 2.05) is 11.4 Å². The molecule has 0 aliphatic carbocycles. The highest BCUT2D eigenvalue weighted by atomic mass is 32.1. The summed E-state index contributed by atoms with van der Waals surface area (Å²) in [5.41, 5.74) is 6.80. The molecule has 23 heavy (non-hydrogen) atoms. The summed E-state index contributed by atoms with van der Waals surface area (Å²) in [7, 11) is 0. The molecule has 2 aromatic rings. The van der Waals surface area contributed by atoms with Crippen molar-refractivity contribution in [3.63, 3.8) is 0 Å². The Morgan fingerprint density at radius 2 is 2.04 bits per heavy atom. The van der Waals surface area contributed by atoms with Gasteiger partial charge in [-0.05, 0) is 50.4 Å². The van der Waals surface area contributed by atoms with Gasteiger partial charge in [0.1, 0.15) is 11.4 Å². The van der Waals surface area contributed by atoms with Crippen LogP contribution in [0.1, 0.15) is 25.6 Å². The average Bonchev–Trinajstić information content (AvgIpc) is 2.82. The number of nitrogens with two attached hydrogens (primary N) is 1. The molecule has 0 aliphatic rings. The van der Waals surface area contributed by atoms with E-state index in [-0.39, 0.29) is 0 Å². The van der Waals surface area contributed by atoms with Gasteiger partial charge in [0, 0.05) is 10.6 Å². The zero-order valence-corrected chi connectivity index (χ0v) is 14.1. The third-order valence-electron chi connectivity index (χ3n) is 2.84. The molecule has 4 N–H and O–H groups in total. The Balaban J connectivity index is 2.11. The summed E-state index contributed by atoms with van der Waals surface area (Å²) >= 11 is 1.51. The first-order valence-corrected chi connectivity index (χ1v) is 7.98. The third kappa shape index (κ3) is 5.14. The van der Waals surface area contributed by atoms with Crippen LogP contribution in [-0.2, 0) is 11.3 Å². The van der Waals surface area contributed by atoms with E-state index < -0.39 is 17.5 Å². The van der Waals surface area contributed by atoms with Gasteiger partial charge in [-0.25, -0.2) is 9.18 Å². The number of thiophene rings is 1. The number of hydrogen-bond acceptors (Lipinski definition) is 5. The number of hydrogen-bond donors (Lipinski definition) is 3. The molecule has 7 heteroatoms. The summed E-state index contributed by atoms with van der Waals surface area (Å²) in [5, 5.41) is 7.59. The van der Waals surface area contributed by atoms with Crippen LogP contribution in [0.4, 0.5) is 26.2 Å². The van der Waals surface area contributed by atoms with Crippen LogP contribution >= 0.6 is 11.3 Å². The number of nitrogen functional groups attached to an aromatic ring is 1. The van der Waals surface area contributed by atoms with Gasteiger partial charge < -0.3 is 15.8 Å². The number of anilines is 3. The molecule has 0 saturated carbocycles. The van der Waals surface area contributed by atoms with Crippen molar-refractivity contribution >= 4 is 34.5 Å². The minimum Gasteiger partial charge on any atom is -0.444 e. The van der Waals surface area contributed by atoms with Crippen molar-refractivity contribution in [1.29, 1.82) is 0 Å². The molecule has 1 heterocycles. The predicted molar refractivity (Wildman–Crippen MR) is 92.3 cm³/mol. The zero-order valence-electron chi connectivity index (χ0n) is 13.3. The molecule has 0 spiro atoms. The van der Waals surface area contributed by atoms with Crippen LogP contribution in [0, 0.1) is 5.82 Å². The lowest BCUT2D eigenvalue weighted by Crippen LogP contribution is -2.27. The maximum atomic E-state index is 13.5. The number of ether oxygens (including phenoxy) is 1. The van der Waals surface area contributed by atoms with Gasteiger partial charge in [-0.15, -0.1) is 11.3 Å². The monoisotopic (exact) mass is 337 g/mol. The van der Waals surface area contributed by atoms with Crippen LogP contribution < -0.4 is 16.4 Å². The van der Waals surface area contributed by atoms with Crippen LogP contribution in [0.25, 0.3) is 0 Å². The van der Waals surface area contributed by atoms with Gasteiger partial charge >= 0.3 is 6.09 Å². The van der Waals surface area contributed by atoms with Crippen molar-refractivity contribution in [2.45, 2.75) is 32.9 Å². The van der Waals surface area contributed by atoms with Crippen LogP contribution in [0.15, 0.2) is 29.6 Å². The second-order valence-corrected chi connectivity index (χ2v) is 6.97. The number of amides is 1. The highest BCUT2D eigenvalue weighted by Gasteiger charge is 2.17. The standard InChI is InChI=1S/C16H20FN3O2S/c1-16(2,3)22-15(21)20-12-5-4-10(17)8-13(12)19-9-14-11(18)6-7-23-14/h4-8,19H,9,18H2,1-3H3,(H,20,21). The van der Waals surface area contributed by atoms with Crippen LogP contribution in [0.5, 0.6) is 0 Å². The smallest absolute Gasteiger partial charge is 0.412 e. The second-order valence-electron chi connectivity index (χ2n) is 5.97. The SMILES string of the molecule is CC(C)(C)OC(=O)Nc1ccc(F)cc1NCc1sccc1N. The van der Waals surface area contributed by atoms with Gasteiger partial charge in [0.05, 0.1) is 17.9 Å². The van der Waals surface area contributed by atoms with Crippen molar-refractivity contribution in [1.82, 2.24) is 0 Å². The lowest BCUT2D eigenvalue weighted by molar-refractivity contribution is 0.0636. The fourth-order valence-electron chi connectivity index (χ4n) is 1.85. The molecular formula is C16H20FN3O2S. The number of carbonyl (C=O) groups is 1. The second kappa shape index (κ2) is 6.87. The Labute approximate surface area is 138 Å². The fourth-order valence-corrected chi connectivity index (χ4v) is 2.59. The highest BCUT2D eigenvalue weighted by Crippen LogP contribution is 2.26. The molecule has 5 nitrogen and oxygen atoms in total. The maximum Gasteiger partial charge on any atom is 0.412 e. The summed E-state index contributed by atoms with van der Waals surface area (Å²) < 4.78 is 18.7. The van der Waals surface area contributed by atoms with Crippen molar-refractivity contribution < 1.29 is 13.9 Å². The topological polar surface area (TPSA) is 76.4 Å². The van der Waals surface area contributed by atoms with E-state index in [1.54, 1.807) is 20.8 Å². The fraction of sp³-hybridized carbons (Fsp3) is 0.312. The van der Waals surface area contributed by atoms with Gasteiger partial charge in [0.2, 0.25) is 0 Å². The van der Waals surface area contributed by atoms with Crippen molar-refractivity contribution in [2.24, 2.45) is 0 Å². The number of benzene rings is 1. The van der Waals surface area contributed by atoms with Gasteiger partial charge in [0.15, 0.2) is 0 Å². The van der Waals surface area contributed by atoms with E-state index in [0.717, 1.165) is 4.88 Å². The first-order chi connectivity index (χ1) is 10.7. The van der Waals surface area contributed by atoms with E-state index in [9.17, 15) is 9.18 Å². The zero-order chi connectivity index (χ0) is 17.0. The van der Waals surface area contributed by atoms with E-state index in [1.165, 1.54) is 29.5 Å². The third-order valence-corrected chi connectivity index (χ3v) is 3.77. The Kier molecular flexibility index (Phi) is 5.10. The quantitative estimate of drug-likeness (QED) is 0.771. The van der Waals surface area contributed by atoms with E-state index in [4.69, 9.17) is 10.5 Å². The number of carbonyl (C=O) groups excluding carboxylic acids is 1. The summed E-state index contributed by atoms with van der Waals surface area (Å²) in [6.07, 6.45) is -0.595. The van der Waals surface area contributed by atoms with Crippen LogP contribution in [-0.4, -0.2) is 11.7 Å². The van der Waals surface area contributed by atoms with Crippen molar-refractivity contribution in [3.05, 3.63) is 40.3 Å². The molecule has 1 amide bonds. The Morgan fingerprint density at radius 1 is 1.30 bits per heavy atom. The Bertz CT molecular complexity index is 695.